The van der Waals surface area contributed by atoms with Gasteiger partial charge >= 0.3 is 5.97 Å². The first-order chi connectivity index (χ1) is 13.3. The largest absolute Gasteiger partial charge is 0.477 e. The molecule has 3 N–H and O–H groups in total. The van der Waals surface area contributed by atoms with Crippen molar-refractivity contribution in [2.24, 2.45) is 11.7 Å². The van der Waals surface area contributed by atoms with Gasteiger partial charge in [-0.3, -0.25) is 4.79 Å². The summed E-state index contributed by atoms with van der Waals surface area (Å²) in [6.07, 6.45) is 1.87. The topological polar surface area (TPSA) is 97.8 Å². The Kier molecular flexibility index (Phi) is 4.39. The molecular weight excluding hydrogens is 372 g/mol. The molecule has 2 unspecified atom stereocenters. The summed E-state index contributed by atoms with van der Waals surface area (Å²) >= 11 is 0. The molecule has 0 aliphatic carbocycles. The number of benzene rings is 1. The highest BCUT2D eigenvalue weighted by atomic mass is 19.1. The van der Waals surface area contributed by atoms with Gasteiger partial charge in [-0.15, -0.1) is 0 Å². The Morgan fingerprint density at radius 2 is 2.21 bits per heavy atom. The van der Waals surface area contributed by atoms with E-state index in [2.05, 4.69) is 0 Å². The molecule has 7 nitrogen and oxygen atoms in total. The van der Waals surface area contributed by atoms with Gasteiger partial charge in [0.15, 0.2) is 5.82 Å². The normalized spacial score (nSPS) is 24.1. The van der Waals surface area contributed by atoms with Crippen molar-refractivity contribution >= 4 is 22.6 Å². The van der Waals surface area contributed by atoms with Gasteiger partial charge in [0.1, 0.15) is 22.7 Å². The second-order valence-corrected chi connectivity index (χ2v) is 7.36. The van der Waals surface area contributed by atoms with Gasteiger partial charge in [0, 0.05) is 44.9 Å². The van der Waals surface area contributed by atoms with Crippen LogP contribution in [0.4, 0.5) is 14.5 Å². The molecule has 2 aliphatic heterocycles. The molecule has 2 atom stereocenters. The monoisotopic (exact) mass is 393 g/mol. The number of carboxylic acid groups (broad SMARTS) is 1. The van der Waals surface area contributed by atoms with Crippen molar-refractivity contribution in [3.05, 3.63) is 39.7 Å². The highest BCUT2D eigenvalue weighted by Crippen LogP contribution is 2.42. The molecule has 1 aromatic heterocycles. The van der Waals surface area contributed by atoms with E-state index in [1.54, 1.807) is 11.8 Å². The van der Waals surface area contributed by atoms with E-state index in [1.807, 2.05) is 0 Å². The summed E-state index contributed by atoms with van der Waals surface area (Å²) in [4.78, 5) is 25.4. The van der Waals surface area contributed by atoms with Crippen LogP contribution in [0.15, 0.2) is 17.1 Å². The van der Waals surface area contributed by atoms with Crippen LogP contribution >= 0.6 is 0 Å². The van der Waals surface area contributed by atoms with Crippen LogP contribution in [0.2, 0.25) is 0 Å². The average molecular weight is 393 g/mol. The number of nitrogens with zero attached hydrogens (tertiary/aromatic N) is 2. The van der Waals surface area contributed by atoms with Gasteiger partial charge in [0.05, 0.1) is 10.9 Å². The van der Waals surface area contributed by atoms with E-state index < -0.39 is 34.2 Å². The van der Waals surface area contributed by atoms with Crippen LogP contribution in [-0.4, -0.2) is 47.5 Å². The number of carboxylic acids is 1. The third-order valence-corrected chi connectivity index (χ3v) is 5.96. The predicted octanol–water partition coefficient (Wildman–Crippen LogP) is 1.55. The van der Waals surface area contributed by atoms with E-state index in [4.69, 9.17) is 10.5 Å². The van der Waals surface area contributed by atoms with E-state index in [0.29, 0.717) is 13.2 Å². The van der Waals surface area contributed by atoms with Crippen LogP contribution in [0, 0.1) is 17.6 Å². The number of aryl methyl sites for hydroxylation is 1. The maximum Gasteiger partial charge on any atom is 0.341 e. The molecule has 28 heavy (non-hydrogen) atoms. The number of aromatic carboxylic acids is 1. The second kappa shape index (κ2) is 6.52. The average Bonchev–Trinajstić information content (AvgIpc) is 3.19. The van der Waals surface area contributed by atoms with E-state index in [9.17, 15) is 19.1 Å². The van der Waals surface area contributed by atoms with Gasteiger partial charge in [-0.05, 0) is 19.4 Å². The van der Waals surface area contributed by atoms with Crippen LogP contribution in [0.3, 0.4) is 0 Å². The third kappa shape index (κ3) is 2.53. The molecule has 9 heteroatoms. The highest BCUT2D eigenvalue weighted by molar-refractivity contribution is 5.93. The van der Waals surface area contributed by atoms with Crippen molar-refractivity contribution in [2.75, 3.05) is 31.1 Å². The van der Waals surface area contributed by atoms with Gasteiger partial charge in [0.25, 0.3) is 0 Å². The summed E-state index contributed by atoms with van der Waals surface area (Å²) in [5.74, 6) is -3.14. The summed E-state index contributed by atoms with van der Waals surface area (Å²) in [5.41, 5.74) is 3.50. The van der Waals surface area contributed by atoms with Gasteiger partial charge in [-0.2, -0.15) is 0 Å². The molecule has 0 radical (unpaired) electrons. The number of aromatic nitrogens is 1. The van der Waals surface area contributed by atoms with Crippen molar-refractivity contribution in [3.63, 3.8) is 0 Å². The number of pyridine rings is 1. The number of halogens is 2. The Labute approximate surface area is 159 Å². The molecule has 0 bridgehead atoms. The van der Waals surface area contributed by atoms with Gasteiger partial charge in [0.2, 0.25) is 5.43 Å². The molecule has 4 rings (SSSR count). The van der Waals surface area contributed by atoms with E-state index in [1.165, 1.54) is 4.57 Å². The molecule has 0 saturated carbocycles. The molecule has 2 aromatic rings. The molecule has 150 valence electrons. The fourth-order valence-corrected chi connectivity index (χ4v) is 4.50. The Morgan fingerprint density at radius 1 is 1.46 bits per heavy atom. The standard InChI is InChI=1S/C19H21F2N3O4/c1-2-23-7-12(18(26)27)17(25)11-5-13(20)16(14(21)15(11)23)24-6-10-3-4-28-19(10,8-22)9-24/h5,7,10H,2-4,6,8-9,22H2,1H3,(H,26,27). The maximum absolute atomic E-state index is 15.5. The first-order valence-corrected chi connectivity index (χ1v) is 9.20. The molecular formula is C19H21F2N3O4. The number of fused-ring (bicyclic) bond motifs is 2. The lowest BCUT2D eigenvalue weighted by atomic mass is 9.91. The minimum absolute atomic E-state index is 0.0785. The lowest BCUT2D eigenvalue weighted by Crippen LogP contribution is -2.44. The van der Waals surface area contributed by atoms with Crippen LogP contribution in [0.5, 0.6) is 0 Å². The molecule has 0 spiro atoms. The van der Waals surface area contributed by atoms with Crippen molar-refractivity contribution in [1.82, 2.24) is 4.57 Å². The first kappa shape index (κ1) is 18.8. The van der Waals surface area contributed by atoms with Gasteiger partial charge in [-0.25, -0.2) is 13.6 Å². The van der Waals surface area contributed by atoms with Crippen LogP contribution in [0.1, 0.15) is 23.7 Å². The van der Waals surface area contributed by atoms with Crippen molar-refractivity contribution in [3.8, 4) is 0 Å². The number of carbonyl (C=O) groups is 1. The van der Waals surface area contributed by atoms with Crippen LogP contribution < -0.4 is 16.1 Å². The number of rotatable bonds is 4. The lowest BCUT2D eigenvalue weighted by molar-refractivity contribution is 0.0126. The van der Waals surface area contributed by atoms with Crippen LogP contribution in [-0.2, 0) is 11.3 Å². The Morgan fingerprint density at radius 3 is 2.82 bits per heavy atom. The molecule has 2 aliphatic rings. The lowest BCUT2D eigenvalue weighted by Gasteiger charge is -2.27. The summed E-state index contributed by atoms with van der Waals surface area (Å²) in [6.45, 7) is 3.41. The third-order valence-electron chi connectivity index (χ3n) is 5.96. The zero-order chi connectivity index (χ0) is 20.2. The summed E-state index contributed by atoms with van der Waals surface area (Å²) in [5, 5.41) is 8.94. The maximum atomic E-state index is 15.5. The fourth-order valence-electron chi connectivity index (χ4n) is 4.50. The Hall–Kier alpha value is -2.52. The zero-order valence-corrected chi connectivity index (χ0v) is 15.4. The van der Waals surface area contributed by atoms with Crippen LogP contribution in [0.25, 0.3) is 10.9 Å². The van der Waals surface area contributed by atoms with Crippen molar-refractivity contribution < 1.29 is 23.4 Å². The smallest absolute Gasteiger partial charge is 0.341 e. The molecule has 2 saturated heterocycles. The van der Waals surface area contributed by atoms with E-state index in [0.717, 1.165) is 18.7 Å². The van der Waals surface area contributed by atoms with Crippen molar-refractivity contribution in [1.29, 1.82) is 0 Å². The molecule has 1 aromatic carbocycles. The molecule has 0 amide bonds. The number of nitrogens with two attached hydrogens (primary N) is 1. The minimum Gasteiger partial charge on any atom is -0.477 e. The second-order valence-electron chi connectivity index (χ2n) is 7.36. The predicted molar refractivity (Wildman–Crippen MR) is 98.8 cm³/mol. The zero-order valence-electron chi connectivity index (χ0n) is 15.4. The number of anilines is 1. The van der Waals surface area contributed by atoms with Gasteiger partial charge in [-0.1, -0.05) is 0 Å². The molecule has 3 heterocycles. The highest BCUT2D eigenvalue weighted by Gasteiger charge is 2.51. The summed E-state index contributed by atoms with van der Waals surface area (Å²) < 4.78 is 37.6. The van der Waals surface area contributed by atoms with E-state index >= 15 is 4.39 Å². The Balaban J connectivity index is 1.91. The van der Waals surface area contributed by atoms with Gasteiger partial charge < -0.3 is 25.0 Å². The molecule has 2 fully saturated rings. The minimum atomic E-state index is -1.44. The summed E-state index contributed by atoms with van der Waals surface area (Å²) in [7, 11) is 0. The SMILES string of the molecule is CCn1cc(C(=O)O)c(=O)c2cc(F)c(N3CC4CCOC4(CN)C3)c(F)c21. The quantitative estimate of drug-likeness (QED) is 0.818. The number of hydrogen-bond donors (Lipinski definition) is 2. The van der Waals surface area contributed by atoms with E-state index in [-0.39, 0.29) is 42.1 Å². The van der Waals surface area contributed by atoms with Crippen molar-refractivity contribution in [2.45, 2.75) is 25.5 Å². The fraction of sp³-hybridized carbons (Fsp3) is 0.474. The first-order valence-electron chi connectivity index (χ1n) is 9.20. The Bertz CT molecular complexity index is 1040. The number of ether oxygens (including phenoxy) is 1. The number of hydrogen-bond acceptors (Lipinski definition) is 5. The summed E-state index contributed by atoms with van der Waals surface area (Å²) in [6, 6.07) is 0.929.